The number of ether oxygens (including phenoxy) is 1. The maximum atomic E-state index is 12.7. The molecule has 1 heterocycles. The zero-order valence-electron chi connectivity index (χ0n) is 12.0. The normalized spacial score (nSPS) is 23.8. The maximum Gasteiger partial charge on any atom is 0.254 e. The van der Waals surface area contributed by atoms with Crippen LogP contribution >= 0.6 is 0 Å². The zero-order chi connectivity index (χ0) is 15.0. The summed E-state index contributed by atoms with van der Waals surface area (Å²) in [5.41, 5.74) is 0.590. The second kappa shape index (κ2) is 5.33. The van der Waals surface area contributed by atoms with Gasteiger partial charge in [-0.25, -0.2) is 8.42 Å². The first kappa shape index (κ1) is 14.4. The fraction of sp³-hybridized carbons (Fsp3) is 0.533. The second-order valence-corrected chi connectivity index (χ2v) is 7.96. The average molecular weight is 309 g/mol. The molecule has 1 aromatic carbocycles. The lowest BCUT2D eigenvalue weighted by Gasteiger charge is -2.28. The Morgan fingerprint density at radius 2 is 1.81 bits per heavy atom. The number of benzene rings is 1. The fourth-order valence-electron chi connectivity index (χ4n) is 2.86. The minimum atomic E-state index is -2.99. The van der Waals surface area contributed by atoms with Crippen LogP contribution in [0.15, 0.2) is 24.3 Å². The molecule has 1 saturated heterocycles. The van der Waals surface area contributed by atoms with Gasteiger partial charge in [-0.15, -0.1) is 0 Å². The summed E-state index contributed by atoms with van der Waals surface area (Å²) < 4.78 is 28.4. The summed E-state index contributed by atoms with van der Waals surface area (Å²) in [5, 5.41) is 0. The number of carbonyl (C=O) groups excluding carboxylic acids is 1. The first-order valence-electron chi connectivity index (χ1n) is 7.17. The Balaban J connectivity index is 1.82. The Morgan fingerprint density at radius 1 is 1.14 bits per heavy atom. The van der Waals surface area contributed by atoms with E-state index in [1.165, 1.54) is 0 Å². The molecule has 114 valence electrons. The van der Waals surface area contributed by atoms with Crippen LogP contribution in [0.1, 0.15) is 29.6 Å². The number of rotatable bonds is 4. The molecular formula is C15H19NO4S. The van der Waals surface area contributed by atoms with E-state index in [9.17, 15) is 13.2 Å². The molecule has 1 aromatic rings. The van der Waals surface area contributed by atoms with Gasteiger partial charge in [0.1, 0.15) is 5.75 Å². The Morgan fingerprint density at radius 3 is 2.29 bits per heavy atom. The van der Waals surface area contributed by atoms with Gasteiger partial charge in [0.15, 0.2) is 9.84 Å². The highest BCUT2D eigenvalue weighted by Crippen LogP contribution is 2.33. The molecule has 5 nitrogen and oxygen atoms in total. The summed E-state index contributed by atoms with van der Waals surface area (Å²) in [6.45, 7) is 0. The lowest BCUT2D eigenvalue weighted by molar-refractivity contribution is 0.0681. The fourth-order valence-corrected chi connectivity index (χ4v) is 4.57. The van der Waals surface area contributed by atoms with Gasteiger partial charge in [0.2, 0.25) is 0 Å². The van der Waals surface area contributed by atoms with Gasteiger partial charge in [0, 0.05) is 17.6 Å². The molecule has 1 saturated carbocycles. The standard InChI is InChI=1S/C15H19NO4S/c1-20-14-6-2-11(3-7-14)15(17)16(12-4-5-12)13-8-9-21(18,19)10-13/h2-3,6-7,12-13H,4-5,8-10H2,1H3. The highest BCUT2D eigenvalue weighted by molar-refractivity contribution is 7.91. The molecule has 1 aliphatic heterocycles. The van der Waals surface area contributed by atoms with Crippen molar-refractivity contribution in [1.82, 2.24) is 4.90 Å². The number of hydrogen-bond acceptors (Lipinski definition) is 4. The lowest BCUT2D eigenvalue weighted by Crippen LogP contribution is -2.42. The molecule has 1 unspecified atom stereocenters. The van der Waals surface area contributed by atoms with E-state index < -0.39 is 9.84 Å². The first-order valence-corrected chi connectivity index (χ1v) is 8.99. The first-order chi connectivity index (χ1) is 10.00. The molecule has 6 heteroatoms. The molecule has 0 aromatic heterocycles. The minimum Gasteiger partial charge on any atom is -0.497 e. The van der Waals surface area contributed by atoms with Crippen LogP contribution in [0.2, 0.25) is 0 Å². The van der Waals surface area contributed by atoms with Crippen molar-refractivity contribution in [3.63, 3.8) is 0 Å². The second-order valence-electron chi connectivity index (χ2n) is 5.73. The average Bonchev–Trinajstić information content (AvgIpc) is 3.23. The highest BCUT2D eigenvalue weighted by Gasteiger charge is 2.42. The molecule has 1 amide bonds. The predicted octanol–water partition coefficient (Wildman–Crippen LogP) is 1.49. The quantitative estimate of drug-likeness (QED) is 0.845. The van der Waals surface area contributed by atoms with Gasteiger partial charge in [-0.2, -0.15) is 0 Å². The molecule has 1 aliphatic carbocycles. The third-order valence-electron chi connectivity index (χ3n) is 4.11. The van der Waals surface area contributed by atoms with Crippen molar-refractivity contribution >= 4 is 15.7 Å². The molecule has 0 bridgehead atoms. The summed E-state index contributed by atoms with van der Waals surface area (Å²) in [5.74, 6) is 0.928. The Hall–Kier alpha value is -1.56. The summed E-state index contributed by atoms with van der Waals surface area (Å²) in [6.07, 6.45) is 2.50. The molecule has 0 radical (unpaired) electrons. The van der Waals surface area contributed by atoms with Crippen LogP contribution in [0.5, 0.6) is 5.75 Å². The van der Waals surface area contributed by atoms with Crippen molar-refractivity contribution in [3.05, 3.63) is 29.8 Å². The number of methoxy groups -OCH3 is 1. The molecule has 0 spiro atoms. The number of nitrogens with zero attached hydrogens (tertiary/aromatic N) is 1. The van der Waals surface area contributed by atoms with E-state index in [0.717, 1.165) is 12.8 Å². The number of carbonyl (C=O) groups is 1. The third-order valence-corrected chi connectivity index (χ3v) is 5.86. The van der Waals surface area contributed by atoms with Crippen LogP contribution in [0.25, 0.3) is 0 Å². The van der Waals surface area contributed by atoms with Crippen molar-refractivity contribution < 1.29 is 17.9 Å². The summed E-state index contributed by atoms with van der Waals surface area (Å²) in [7, 11) is -1.41. The monoisotopic (exact) mass is 309 g/mol. The number of hydrogen-bond donors (Lipinski definition) is 0. The lowest BCUT2D eigenvalue weighted by atomic mass is 10.1. The largest absolute Gasteiger partial charge is 0.497 e. The SMILES string of the molecule is COc1ccc(C(=O)N(C2CC2)C2CCS(=O)(=O)C2)cc1. The molecule has 2 aliphatic rings. The molecule has 21 heavy (non-hydrogen) atoms. The minimum absolute atomic E-state index is 0.0674. The van der Waals surface area contributed by atoms with Crippen LogP contribution in [-0.4, -0.2) is 49.9 Å². The van der Waals surface area contributed by atoms with Crippen LogP contribution in [0.4, 0.5) is 0 Å². The van der Waals surface area contributed by atoms with Crippen molar-refractivity contribution in [1.29, 1.82) is 0 Å². The molecule has 3 rings (SSSR count). The van der Waals surface area contributed by atoms with Crippen LogP contribution in [-0.2, 0) is 9.84 Å². The van der Waals surface area contributed by atoms with Crippen LogP contribution in [0, 0.1) is 0 Å². The van der Waals surface area contributed by atoms with Crippen molar-refractivity contribution in [2.45, 2.75) is 31.3 Å². The summed E-state index contributed by atoms with van der Waals surface area (Å²) in [4.78, 5) is 14.5. The van der Waals surface area contributed by atoms with E-state index >= 15 is 0 Å². The van der Waals surface area contributed by atoms with E-state index in [2.05, 4.69) is 0 Å². The Bertz CT molecular complexity index is 634. The van der Waals surface area contributed by atoms with Gasteiger partial charge in [-0.3, -0.25) is 4.79 Å². The van der Waals surface area contributed by atoms with E-state index in [1.54, 1.807) is 36.3 Å². The van der Waals surface area contributed by atoms with E-state index in [4.69, 9.17) is 4.74 Å². The van der Waals surface area contributed by atoms with Crippen LogP contribution in [0.3, 0.4) is 0 Å². The number of amides is 1. The Labute approximate surface area is 124 Å². The third kappa shape index (κ3) is 3.05. The molecule has 2 fully saturated rings. The summed E-state index contributed by atoms with van der Waals surface area (Å²) in [6, 6.07) is 7.02. The topological polar surface area (TPSA) is 63.7 Å². The van der Waals surface area contributed by atoms with Gasteiger partial charge in [-0.05, 0) is 43.5 Å². The van der Waals surface area contributed by atoms with Gasteiger partial charge in [0.25, 0.3) is 5.91 Å². The number of sulfone groups is 1. The van der Waals surface area contributed by atoms with Gasteiger partial charge < -0.3 is 9.64 Å². The summed E-state index contributed by atoms with van der Waals surface area (Å²) >= 11 is 0. The smallest absolute Gasteiger partial charge is 0.254 e. The van der Waals surface area contributed by atoms with Crippen molar-refractivity contribution in [2.75, 3.05) is 18.6 Å². The predicted molar refractivity (Wildman–Crippen MR) is 79.2 cm³/mol. The van der Waals surface area contributed by atoms with Crippen molar-refractivity contribution in [2.24, 2.45) is 0 Å². The van der Waals surface area contributed by atoms with Crippen molar-refractivity contribution in [3.8, 4) is 5.75 Å². The van der Waals surface area contributed by atoms with Gasteiger partial charge >= 0.3 is 0 Å². The Kier molecular flexibility index (Phi) is 3.65. The highest BCUT2D eigenvalue weighted by atomic mass is 32.2. The maximum absolute atomic E-state index is 12.7. The van der Waals surface area contributed by atoms with E-state index in [0.29, 0.717) is 17.7 Å². The van der Waals surface area contributed by atoms with Crippen LogP contribution < -0.4 is 4.74 Å². The molecule has 1 atom stereocenters. The van der Waals surface area contributed by atoms with E-state index in [1.807, 2.05) is 0 Å². The molecular weight excluding hydrogens is 290 g/mol. The van der Waals surface area contributed by atoms with Gasteiger partial charge in [0.05, 0.1) is 18.6 Å². The molecule has 0 N–H and O–H groups in total. The van der Waals surface area contributed by atoms with E-state index in [-0.39, 0.29) is 29.5 Å². The van der Waals surface area contributed by atoms with Gasteiger partial charge in [-0.1, -0.05) is 0 Å². The zero-order valence-corrected chi connectivity index (χ0v) is 12.8.